The van der Waals surface area contributed by atoms with Crippen LogP contribution >= 0.6 is 0 Å². The first-order valence-electron chi connectivity index (χ1n) is 6.80. The molecule has 17 heavy (non-hydrogen) atoms. The van der Waals surface area contributed by atoms with Gasteiger partial charge in [0.1, 0.15) is 0 Å². The molecule has 3 N–H and O–H groups in total. The Hall–Kier alpha value is -0.860. The quantitative estimate of drug-likeness (QED) is 0.791. The number of benzene rings is 1. The van der Waals surface area contributed by atoms with Crippen LogP contribution in [0.4, 0.5) is 0 Å². The summed E-state index contributed by atoms with van der Waals surface area (Å²) < 4.78 is 0. The third-order valence-corrected chi connectivity index (χ3v) is 4.37. The van der Waals surface area contributed by atoms with Gasteiger partial charge in [-0.15, -0.1) is 0 Å². The Kier molecular flexibility index (Phi) is 4.19. The molecule has 1 fully saturated rings. The number of nitrogens with two attached hydrogens (primary N) is 1. The Balaban J connectivity index is 1.98. The number of nitrogens with one attached hydrogen (secondary N) is 1. The van der Waals surface area contributed by atoms with E-state index in [9.17, 15) is 0 Å². The van der Waals surface area contributed by atoms with E-state index in [0.717, 1.165) is 25.4 Å². The SMILES string of the molecule is CCC(CN)(NCc1ccccc1)C1CCC1. The Labute approximate surface area is 105 Å². The average molecular weight is 232 g/mol. The fraction of sp³-hybridized carbons (Fsp3) is 0.600. The van der Waals surface area contributed by atoms with E-state index < -0.39 is 0 Å². The molecule has 0 bridgehead atoms. The van der Waals surface area contributed by atoms with Crippen molar-refractivity contribution in [2.75, 3.05) is 6.54 Å². The van der Waals surface area contributed by atoms with E-state index in [2.05, 4.69) is 42.6 Å². The van der Waals surface area contributed by atoms with Crippen molar-refractivity contribution in [2.24, 2.45) is 11.7 Å². The van der Waals surface area contributed by atoms with Gasteiger partial charge in [-0.1, -0.05) is 43.7 Å². The van der Waals surface area contributed by atoms with Gasteiger partial charge in [-0.3, -0.25) is 0 Å². The normalized spacial score (nSPS) is 19.6. The predicted octanol–water partition coefficient (Wildman–Crippen LogP) is 2.68. The zero-order valence-electron chi connectivity index (χ0n) is 10.8. The molecule has 0 heterocycles. The summed E-state index contributed by atoms with van der Waals surface area (Å²) in [5, 5.41) is 3.73. The van der Waals surface area contributed by atoms with Crippen LogP contribution in [0.5, 0.6) is 0 Å². The zero-order valence-corrected chi connectivity index (χ0v) is 10.8. The zero-order chi connectivity index (χ0) is 12.1. The molecule has 0 aliphatic heterocycles. The van der Waals surface area contributed by atoms with Crippen LogP contribution in [0.15, 0.2) is 30.3 Å². The molecule has 1 aliphatic rings. The second kappa shape index (κ2) is 5.65. The van der Waals surface area contributed by atoms with Gasteiger partial charge in [-0.25, -0.2) is 0 Å². The van der Waals surface area contributed by atoms with Crippen molar-refractivity contribution in [3.63, 3.8) is 0 Å². The van der Waals surface area contributed by atoms with Gasteiger partial charge in [0.15, 0.2) is 0 Å². The minimum absolute atomic E-state index is 0.161. The summed E-state index contributed by atoms with van der Waals surface area (Å²) in [7, 11) is 0. The third kappa shape index (κ3) is 2.70. The van der Waals surface area contributed by atoms with Gasteiger partial charge in [0.2, 0.25) is 0 Å². The van der Waals surface area contributed by atoms with Crippen LogP contribution in [0.2, 0.25) is 0 Å². The van der Waals surface area contributed by atoms with E-state index in [1.807, 2.05) is 0 Å². The van der Waals surface area contributed by atoms with Gasteiger partial charge < -0.3 is 11.1 Å². The molecule has 1 atom stereocenters. The van der Waals surface area contributed by atoms with Crippen LogP contribution in [0, 0.1) is 5.92 Å². The second-order valence-corrected chi connectivity index (χ2v) is 5.18. The summed E-state index contributed by atoms with van der Waals surface area (Å²) >= 11 is 0. The molecule has 2 heteroatoms. The first-order valence-corrected chi connectivity index (χ1v) is 6.80. The fourth-order valence-corrected chi connectivity index (χ4v) is 2.78. The van der Waals surface area contributed by atoms with Crippen molar-refractivity contribution < 1.29 is 0 Å². The van der Waals surface area contributed by atoms with Crippen LogP contribution in [0.25, 0.3) is 0 Å². The summed E-state index contributed by atoms with van der Waals surface area (Å²) in [6.07, 6.45) is 5.18. The Morgan fingerprint density at radius 2 is 2.00 bits per heavy atom. The van der Waals surface area contributed by atoms with Crippen molar-refractivity contribution in [2.45, 2.75) is 44.7 Å². The van der Waals surface area contributed by atoms with Gasteiger partial charge >= 0.3 is 0 Å². The third-order valence-electron chi connectivity index (χ3n) is 4.37. The molecule has 2 nitrogen and oxygen atoms in total. The molecule has 0 spiro atoms. The van der Waals surface area contributed by atoms with Gasteiger partial charge in [-0.05, 0) is 30.7 Å². The Morgan fingerprint density at radius 3 is 2.47 bits per heavy atom. The molecule has 2 rings (SSSR count). The highest BCUT2D eigenvalue weighted by Gasteiger charge is 2.38. The van der Waals surface area contributed by atoms with E-state index in [4.69, 9.17) is 5.73 Å². The van der Waals surface area contributed by atoms with Crippen molar-refractivity contribution >= 4 is 0 Å². The van der Waals surface area contributed by atoms with Crippen LogP contribution < -0.4 is 11.1 Å². The Morgan fingerprint density at radius 1 is 1.29 bits per heavy atom. The van der Waals surface area contributed by atoms with Crippen molar-refractivity contribution in [3.05, 3.63) is 35.9 Å². The first kappa shape index (κ1) is 12.6. The van der Waals surface area contributed by atoms with Crippen LogP contribution in [-0.4, -0.2) is 12.1 Å². The predicted molar refractivity (Wildman–Crippen MR) is 72.7 cm³/mol. The summed E-state index contributed by atoms with van der Waals surface area (Å²) in [5.74, 6) is 0.779. The van der Waals surface area contributed by atoms with Crippen molar-refractivity contribution in [1.82, 2.24) is 5.32 Å². The molecule has 94 valence electrons. The lowest BCUT2D eigenvalue weighted by Gasteiger charge is -2.45. The molecule has 1 aromatic carbocycles. The fourth-order valence-electron chi connectivity index (χ4n) is 2.78. The smallest absolute Gasteiger partial charge is 0.0332 e. The largest absolute Gasteiger partial charge is 0.329 e. The van der Waals surface area contributed by atoms with E-state index in [0.29, 0.717) is 0 Å². The lowest BCUT2D eigenvalue weighted by molar-refractivity contribution is 0.125. The van der Waals surface area contributed by atoms with E-state index in [1.54, 1.807) is 0 Å². The first-order chi connectivity index (χ1) is 8.30. The minimum Gasteiger partial charge on any atom is -0.329 e. The number of hydrogen-bond acceptors (Lipinski definition) is 2. The molecular weight excluding hydrogens is 208 g/mol. The van der Waals surface area contributed by atoms with Gasteiger partial charge in [0.05, 0.1) is 0 Å². The lowest BCUT2D eigenvalue weighted by atomic mass is 9.69. The highest BCUT2D eigenvalue weighted by atomic mass is 15.0. The Bertz CT molecular complexity index is 326. The molecule has 1 aromatic rings. The maximum absolute atomic E-state index is 6.03. The molecule has 1 aliphatic carbocycles. The molecule has 0 saturated heterocycles. The van der Waals surface area contributed by atoms with Gasteiger partial charge in [-0.2, -0.15) is 0 Å². The number of hydrogen-bond donors (Lipinski definition) is 2. The summed E-state index contributed by atoms with van der Waals surface area (Å²) in [6, 6.07) is 10.6. The van der Waals surface area contributed by atoms with Gasteiger partial charge in [0, 0.05) is 18.6 Å². The average Bonchev–Trinajstić information content (AvgIpc) is 2.33. The molecule has 0 radical (unpaired) electrons. The second-order valence-electron chi connectivity index (χ2n) is 5.18. The maximum atomic E-state index is 6.03. The molecule has 0 amide bonds. The molecule has 1 saturated carbocycles. The van der Waals surface area contributed by atoms with Crippen molar-refractivity contribution in [3.8, 4) is 0 Å². The van der Waals surface area contributed by atoms with E-state index in [1.165, 1.54) is 24.8 Å². The van der Waals surface area contributed by atoms with Crippen LogP contribution in [0.3, 0.4) is 0 Å². The summed E-state index contributed by atoms with van der Waals surface area (Å²) in [6.45, 7) is 3.94. The maximum Gasteiger partial charge on any atom is 0.0332 e. The monoisotopic (exact) mass is 232 g/mol. The lowest BCUT2D eigenvalue weighted by Crippen LogP contribution is -2.57. The molecule has 1 unspecified atom stereocenters. The summed E-state index contributed by atoms with van der Waals surface area (Å²) in [5.41, 5.74) is 7.54. The molecular formula is C15H24N2. The van der Waals surface area contributed by atoms with E-state index in [-0.39, 0.29) is 5.54 Å². The summed E-state index contributed by atoms with van der Waals surface area (Å²) in [4.78, 5) is 0. The van der Waals surface area contributed by atoms with Crippen LogP contribution in [-0.2, 0) is 6.54 Å². The highest BCUT2D eigenvalue weighted by molar-refractivity contribution is 5.15. The molecule has 0 aromatic heterocycles. The topological polar surface area (TPSA) is 38.0 Å². The van der Waals surface area contributed by atoms with E-state index >= 15 is 0 Å². The number of rotatable bonds is 6. The van der Waals surface area contributed by atoms with Crippen molar-refractivity contribution in [1.29, 1.82) is 0 Å². The standard InChI is InChI=1S/C15H24N2/c1-2-15(12-16,14-9-6-10-14)17-11-13-7-4-3-5-8-13/h3-5,7-8,14,17H,2,6,9-12,16H2,1H3. The minimum atomic E-state index is 0.161. The highest BCUT2D eigenvalue weighted by Crippen LogP contribution is 2.37. The van der Waals surface area contributed by atoms with Crippen LogP contribution in [0.1, 0.15) is 38.2 Å². The van der Waals surface area contributed by atoms with Gasteiger partial charge in [0.25, 0.3) is 0 Å².